The Hall–Kier alpha value is -3.52. The summed E-state index contributed by atoms with van der Waals surface area (Å²) in [5.41, 5.74) is 2.85. The summed E-state index contributed by atoms with van der Waals surface area (Å²) in [7, 11) is -1.14. The lowest BCUT2D eigenvalue weighted by Gasteiger charge is -2.26. The number of rotatable bonds is 9. The summed E-state index contributed by atoms with van der Waals surface area (Å²) >= 11 is 0. The average Bonchev–Trinajstić information content (AvgIpc) is 2.83. The van der Waals surface area contributed by atoms with Gasteiger partial charge in [-0.3, -0.25) is 9.10 Å². The zero-order chi connectivity index (χ0) is 24.9. The van der Waals surface area contributed by atoms with Gasteiger partial charge in [-0.1, -0.05) is 44.2 Å². The van der Waals surface area contributed by atoms with Gasteiger partial charge in [0.25, 0.3) is 10.0 Å². The van der Waals surface area contributed by atoms with Crippen molar-refractivity contribution >= 4 is 27.3 Å². The third-order valence-corrected chi connectivity index (χ3v) is 7.25. The Bertz CT molecular complexity index is 1250. The number of benzene rings is 3. The van der Waals surface area contributed by atoms with Gasteiger partial charge in [0, 0.05) is 5.69 Å². The molecule has 0 heterocycles. The number of para-hydroxylation sites is 3. The maximum atomic E-state index is 13.7. The quantitative estimate of drug-likeness (QED) is 0.465. The molecule has 0 spiro atoms. The van der Waals surface area contributed by atoms with Gasteiger partial charge in [0.2, 0.25) is 5.91 Å². The molecule has 0 fully saturated rings. The van der Waals surface area contributed by atoms with Crippen LogP contribution in [-0.2, 0) is 14.8 Å². The molecule has 0 aliphatic rings. The molecule has 3 aromatic rings. The number of methoxy groups -OCH3 is 2. The fourth-order valence-electron chi connectivity index (χ4n) is 3.66. The van der Waals surface area contributed by atoms with E-state index in [4.69, 9.17) is 9.47 Å². The molecule has 3 rings (SSSR count). The summed E-state index contributed by atoms with van der Waals surface area (Å²) < 4.78 is 39.0. The van der Waals surface area contributed by atoms with Gasteiger partial charge in [-0.15, -0.1) is 0 Å². The van der Waals surface area contributed by atoms with Crippen LogP contribution in [0.25, 0.3) is 0 Å². The molecule has 0 saturated heterocycles. The van der Waals surface area contributed by atoms with Crippen molar-refractivity contribution in [3.05, 3.63) is 77.9 Å². The van der Waals surface area contributed by atoms with Gasteiger partial charge < -0.3 is 14.8 Å². The number of carbonyl (C=O) groups excluding carboxylic acids is 1. The van der Waals surface area contributed by atoms with Crippen molar-refractivity contribution in [3.8, 4) is 11.5 Å². The van der Waals surface area contributed by atoms with E-state index in [1.165, 1.54) is 26.4 Å². The Kier molecular flexibility index (Phi) is 7.83. The van der Waals surface area contributed by atoms with Crippen molar-refractivity contribution in [1.29, 1.82) is 0 Å². The second kappa shape index (κ2) is 10.6. The number of nitrogens with one attached hydrogen (secondary N) is 1. The minimum Gasteiger partial charge on any atom is -0.497 e. The molecule has 0 unspecified atom stereocenters. The highest BCUT2D eigenvalue weighted by atomic mass is 32.2. The highest BCUT2D eigenvalue weighted by Gasteiger charge is 2.30. The SMILES string of the molecule is COc1ccc(S(=O)(=O)N(CC(=O)Nc2c(C)cccc2C(C)C)c2ccccc2OC)cc1. The molecular weight excluding hydrogens is 452 g/mol. The first-order chi connectivity index (χ1) is 16.2. The average molecular weight is 483 g/mol. The molecule has 0 aromatic heterocycles. The summed E-state index contributed by atoms with van der Waals surface area (Å²) in [6.07, 6.45) is 0. The second-order valence-electron chi connectivity index (χ2n) is 8.10. The smallest absolute Gasteiger partial charge is 0.264 e. The van der Waals surface area contributed by atoms with Crippen LogP contribution in [0.5, 0.6) is 11.5 Å². The first-order valence-corrected chi connectivity index (χ1v) is 12.3. The maximum absolute atomic E-state index is 13.7. The van der Waals surface area contributed by atoms with Gasteiger partial charge in [-0.05, 0) is 60.4 Å². The van der Waals surface area contributed by atoms with E-state index >= 15 is 0 Å². The van der Waals surface area contributed by atoms with Crippen LogP contribution in [0.1, 0.15) is 30.9 Å². The van der Waals surface area contributed by atoms with Gasteiger partial charge >= 0.3 is 0 Å². The van der Waals surface area contributed by atoms with Crippen molar-refractivity contribution in [2.24, 2.45) is 0 Å². The molecule has 0 radical (unpaired) electrons. The van der Waals surface area contributed by atoms with E-state index in [9.17, 15) is 13.2 Å². The van der Waals surface area contributed by atoms with Crippen LogP contribution in [0.2, 0.25) is 0 Å². The standard InChI is InChI=1S/C26H30N2O5S/c1-18(2)22-10-8-9-19(3)26(22)27-25(29)17-28(23-11-6-7-12-24(23)33-5)34(30,31)21-15-13-20(32-4)14-16-21/h6-16,18H,17H2,1-5H3,(H,27,29). The van der Waals surface area contributed by atoms with Crippen molar-refractivity contribution in [2.45, 2.75) is 31.6 Å². The molecule has 0 aliphatic heterocycles. The van der Waals surface area contributed by atoms with Crippen LogP contribution >= 0.6 is 0 Å². The topological polar surface area (TPSA) is 84.9 Å². The molecule has 1 N–H and O–H groups in total. The number of hydrogen-bond acceptors (Lipinski definition) is 5. The molecule has 0 saturated carbocycles. The molecule has 3 aromatic carbocycles. The Morgan fingerprint density at radius 3 is 2.24 bits per heavy atom. The number of hydrogen-bond donors (Lipinski definition) is 1. The highest BCUT2D eigenvalue weighted by Crippen LogP contribution is 2.33. The van der Waals surface area contributed by atoms with E-state index in [0.29, 0.717) is 17.2 Å². The van der Waals surface area contributed by atoms with Gasteiger partial charge in [-0.25, -0.2) is 8.42 Å². The van der Waals surface area contributed by atoms with Crippen molar-refractivity contribution < 1.29 is 22.7 Å². The van der Waals surface area contributed by atoms with Crippen LogP contribution in [-0.4, -0.2) is 35.1 Å². The summed E-state index contributed by atoms with van der Waals surface area (Å²) in [5.74, 6) is 0.593. The lowest BCUT2D eigenvalue weighted by molar-refractivity contribution is -0.114. The first-order valence-electron chi connectivity index (χ1n) is 10.9. The predicted octanol–water partition coefficient (Wildman–Crippen LogP) is 4.97. The van der Waals surface area contributed by atoms with E-state index in [1.807, 2.05) is 39.0 Å². The largest absolute Gasteiger partial charge is 0.497 e. The van der Waals surface area contributed by atoms with Crippen molar-refractivity contribution in [3.63, 3.8) is 0 Å². The Labute approximate surface area is 201 Å². The zero-order valence-electron chi connectivity index (χ0n) is 20.0. The molecule has 0 atom stereocenters. The van der Waals surface area contributed by atoms with Crippen molar-refractivity contribution in [2.75, 3.05) is 30.4 Å². The molecule has 0 bridgehead atoms. The van der Waals surface area contributed by atoms with Gasteiger partial charge in [0.05, 0.1) is 24.8 Å². The van der Waals surface area contributed by atoms with E-state index in [0.717, 1.165) is 15.4 Å². The summed E-state index contributed by atoms with van der Waals surface area (Å²) in [4.78, 5) is 13.3. The van der Waals surface area contributed by atoms with E-state index in [2.05, 4.69) is 5.32 Å². The number of carbonyl (C=O) groups is 1. The number of anilines is 2. The highest BCUT2D eigenvalue weighted by molar-refractivity contribution is 7.92. The van der Waals surface area contributed by atoms with Crippen molar-refractivity contribution in [1.82, 2.24) is 0 Å². The maximum Gasteiger partial charge on any atom is 0.264 e. The van der Waals surface area contributed by atoms with Gasteiger partial charge in [-0.2, -0.15) is 0 Å². The second-order valence-corrected chi connectivity index (χ2v) is 9.96. The monoisotopic (exact) mass is 482 g/mol. The lowest BCUT2D eigenvalue weighted by atomic mass is 9.98. The molecule has 34 heavy (non-hydrogen) atoms. The molecular formula is C26H30N2O5S. The Morgan fingerprint density at radius 2 is 1.62 bits per heavy atom. The fourth-order valence-corrected chi connectivity index (χ4v) is 5.09. The fraction of sp³-hybridized carbons (Fsp3) is 0.269. The lowest BCUT2D eigenvalue weighted by Crippen LogP contribution is -2.38. The third kappa shape index (κ3) is 5.34. The third-order valence-electron chi connectivity index (χ3n) is 5.48. The van der Waals surface area contributed by atoms with Crippen LogP contribution in [0.15, 0.2) is 71.6 Å². The molecule has 8 heteroatoms. The number of amides is 1. The molecule has 1 amide bonds. The minimum absolute atomic E-state index is 0.0331. The van der Waals surface area contributed by atoms with E-state index in [-0.39, 0.29) is 16.5 Å². The molecule has 7 nitrogen and oxygen atoms in total. The van der Waals surface area contributed by atoms with Crippen LogP contribution in [0.4, 0.5) is 11.4 Å². The first kappa shape index (κ1) is 25.1. The Morgan fingerprint density at radius 1 is 0.941 bits per heavy atom. The summed E-state index contributed by atoms with van der Waals surface area (Å²) in [6.45, 7) is 5.56. The van der Waals surface area contributed by atoms with Gasteiger partial charge in [0.15, 0.2) is 0 Å². The number of sulfonamides is 1. The number of nitrogens with zero attached hydrogens (tertiary/aromatic N) is 1. The van der Waals surface area contributed by atoms with E-state index in [1.54, 1.807) is 36.4 Å². The van der Waals surface area contributed by atoms with Crippen LogP contribution < -0.4 is 19.1 Å². The van der Waals surface area contributed by atoms with Crippen LogP contribution in [0.3, 0.4) is 0 Å². The predicted molar refractivity (Wildman–Crippen MR) is 134 cm³/mol. The summed E-state index contributed by atoms with van der Waals surface area (Å²) in [6, 6.07) is 18.5. The van der Waals surface area contributed by atoms with E-state index < -0.39 is 22.5 Å². The summed E-state index contributed by atoms with van der Waals surface area (Å²) in [5, 5.41) is 2.93. The van der Waals surface area contributed by atoms with Crippen LogP contribution in [0, 0.1) is 6.92 Å². The normalized spacial score (nSPS) is 11.2. The minimum atomic E-state index is -4.10. The Balaban J connectivity index is 2.02. The number of aryl methyl sites for hydroxylation is 1. The van der Waals surface area contributed by atoms with Gasteiger partial charge in [0.1, 0.15) is 18.0 Å². The molecule has 180 valence electrons. The zero-order valence-corrected chi connectivity index (χ0v) is 20.8. The molecule has 0 aliphatic carbocycles. The number of ether oxygens (including phenoxy) is 2.